The van der Waals surface area contributed by atoms with Gasteiger partial charge in [-0.1, -0.05) is 82.0 Å². The predicted octanol–water partition coefficient (Wildman–Crippen LogP) is 3.30. The van der Waals surface area contributed by atoms with E-state index >= 15 is 0 Å². The van der Waals surface area contributed by atoms with Gasteiger partial charge in [-0.25, -0.2) is 9.59 Å². The first-order valence-electron chi connectivity index (χ1n) is 41.3. The molecule has 5 rings (SSSR count). The Hall–Kier alpha value is -9.39. The van der Waals surface area contributed by atoms with E-state index in [-0.39, 0.29) is 200 Å². The van der Waals surface area contributed by atoms with Crippen LogP contribution in [-0.2, 0) is 108 Å². The molecule has 2 aliphatic rings. The van der Waals surface area contributed by atoms with Gasteiger partial charge in [0.15, 0.2) is 0 Å². The Balaban J connectivity index is 1.01. The monoisotopic (exact) mass is 1720 g/mol. The molecule has 0 aromatic heterocycles. The van der Waals surface area contributed by atoms with Gasteiger partial charge in [-0.3, -0.25) is 47.8 Å². The summed E-state index contributed by atoms with van der Waals surface area (Å²) in [6.07, 6.45) is 1.71. The fourth-order valence-electron chi connectivity index (χ4n) is 12.8. The van der Waals surface area contributed by atoms with Gasteiger partial charge in [0.25, 0.3) is 0 Å². The van der Waals surface area contributed by atoms with Gasteiger partial charge in [0.05, 0.1) is 149 Å². The average Bonchev–Trinajstić information content (AvgIpc) is 0.808. The molecule has 37 nitrogen and oxygen atoms in total. The third-order valence-electron chi connectivity index (χ3n) is 19.2. The summed E-state index contributed by atoms with van der Waals surface area (Å²) in [5, 5.41) is 17.3. The highest BCUT2D eigenvalue weighted by Gasteiger charge is 2.33. The Labute approximate surface area is 708 Å². The van der Waals surface area contributed by atoms with E-state index in [1.54, 1.807) is 61.8 Å². The van der Waals surface area contributed by atoms with Crippen LogP contribution in [0.3, 0.4) is 0 Å². The molecule has 0 bridgehead atoms. The maximum atomic E-state index is 13.6. The summed E-state index contributed by atoms with van der Waals surface area (Å²) in [7, 11) is -2.67. The Morgan fingerprint density at radius 1 is 0.579 bits per heavy atom. The van der Waals surface area contributed by atoms with E-state index < -0.39 is 79.5 Å². The number of carbonyl (C=O) groups is 10. The fourth-order valence-corrected chi connectivity index (χ4v) is 13.2. The van der Waals surface area contributed by atoms with E-state index in [0.717, 1.165) is 16.7 Å². The number of para-hydroxylation sites is 1. The molecule has 11 amide bonds. The van der Waals surface area contributed by atoms with Crippen molar-refractivity contribution in [2.75, 3.05) is 175 Å². The maximum Gasteiger partial charge on any atom is 0.410 e. The topological polar surface area (TPSA) is 516 Å². The molecule has 1 heterocycles. The molecule has 3 aromatic carbocycles. The van der Waals surface area contributed by atoms with Crippen molar-refractivity contribution in [3.05, 3.63) is 106 Å². The lowest BCUT2D eigenvalue weighted by atomic mass is 9.94. The molecule has 0 radical (unpaired) electrons. The highest BCUT2D eigenvalue weighted by molar-refractivity contribution is 7.51. The molecule has 16 N–H and O–H groups in total. The number of unbranched alkanes of at least 4 members (excludes halogenated alkanes) is 2. The van der Waals surface area contributed by atoms with Crippen LogP contribution in [0.1, 0.15) is 133 Å². The van der Waals surface area contributed by atoms with E-state index in [1.807, 2.05) is 48.5 Å². The fraction of sp³-hybridized carbons (Fsp3) is 0.614. The summed E-state index contributed by atoms with van der Waals surface area (Å²) in [5.74, 6) is 2.21. The number of amides is 11. The first kappa shape index (κ1) is 102. The van der Waals surface area contributed by atoms with Crippen molar-refractivity contribution in [3.8, 4) is 11.8 Å². The number of nitrogens with one attached hydrogen (secondary N) is 6. The third-order valence-corrected chi connectivity index (χ3v) is 20.0. The Morgan fingerprint density at radius 3 is 1.74 bits per heavy atom. The Kier molecular flexibility index (Phi) is 49.5. The van der Waals surface area contributed by atoms with Gasteiger partial charge in [0, 0.05) is 93.9 Å². The molecule has 1 aliphatic carbocycles. The molecule has 1 aliphatic heterocycles. The van der Waals surface area contributed by atoms with Gasteiger partial charge < -0.3 is 127 Å². The lowest BCUT2D eigenvalue weighted by molar-refractivity contribution is -0.132. The number of likely N-dealkylation sites (N-methyl/N-ethyl adjacent to an activating group) is 1. The largest absolute Gasteiger partial charge is 0.445 e. The summed E-state index contributed by atoms with van der Waals surface area (Å²) in [6.45, 7) is 12.0. The molecule has 2 unspecified atom stereocenters. The highest BCUT2D eigenvalue weighted by Crippen LogP contribution is 2.33. The van der Waals surface area contributed by atoms with Gasteiger partial charge in [-0.2, -0.15) is 0 Å². The van der Waals surface area contributed by atoms with E-state index in [2.05, 4.69) is 43.7 Å². The molecule has 0 saturated carbocycles. The number of ether oxygens (including phenoxy) is 11. The molecule has 0 saturated heterocycles. The number of anilines is 2. The van der Waals surface area contributed by atoms with Gasteiger partial charge in [0.2, 0.25) is 47.3 Å². The molecule has 121 heavy (non-hydrogen) atoms. The smallest absolute Gasteiger partial charge is 0.410 e. The number of hydrogen-bond donors (Lipinski definition) is 12. The predicted molar refractivity (Wildman–Crippen MR) is 448 cm³/mol. The highest BCUT2D eigenvalue weighted by atomic mass is 31.2. The van der Waals surface area contributed by atoms with Crippen LogP contribution in [0.5, 0.6) is 0 Å². The molecule has 0 spiro atoms. The van der Waals surface area contributed by atoms with Crippen LogP contribution in [-0.4, -0.2) is 274 Å². The zero-order chi connectivity index (χ0) is 88.2. The van der Waals surface area contributed by atoms with Crippen molar-refractivity contribution in [1.82, 2.24) is 36.4 Å². The van der Waals surface area contributed by atoms with Crippen LogP contribution in [0.2, 0.25) is 0 Å². The molecule has 5 atom stereocenters. The number of carbonyl (C=O) groups excluding carboxylic acids is 10. The minimum Gasteiger partial charge on any atom is -0.445 e. The van der Waals surface area contributed by atoms with Crippen molar-refractivity contribution < 1.29 is 114 Å². The van der Waals surface area contributed by atoms with E-state index in [9.17, 15) is 52.5 Å². The van der Waals surface area contributed by atoms with Gasteiger partial charge in [-0.15, -0.1) is 0 Å². The lowest BCUT2D eigenvalue weighted by Crippen LogP contribution is -2.54. The summed E-state index contributed by atoms with van der Waals surface area (Å²) < 4.78 is 72.4. The van der Waals surface area contributed by atoms with Crippen LogP contribution in [0, 0.1) is 23.7 Å². The number of fused-ring (bicyclic) bond motifs is 2. The first-order valence-corrected chi connectivity index (χ1v) is 43.1. The van der Waals surface area contributed by atoms with Crippen LogP contribution < -0.4 is 59.7 Å². The zero-order valence-corrected chi connectivity index (χ0v) is 71.4. The molecule has 38 heteroatoms. The van der Waals surface area contributed by atoms with E-state index in [4.69, 9.17) is 84.8 Å². The first-order chi connectivity index (χ1) is 58.1. The number of nitrogens with two attached hydrogens (primary N) is 4. The van der Waals surface area contributed by atoms with Crippen molar-refractivity contribution in [2.45, 2.75) is 155 Å². The Bertz CT molecular complexity index is 3820. The van der Waals surface area contributed by atoms with Gasteiger partial charge in [0.1, 0.15) is 31.3 Å². The lowest BCUT2D eigenvalue weighted by Gasteiger charge is -2.35. The number of rotatable bonds is 62. The van der Waals surface area contributed by atoms with Crippen molar-refractivity contribution in [1.29, 1.82) is 0 Å². The van der Waals surface area contributed by atoms with Gasteiger partial charge in [-0.05, 0) is 105 Å². The molecule has 3 aromatic rings. The summed E-state index contributed by atoms with van der Waals surface area (Å²) in [4.78, 5) is 152. The minimum absolute atomic E-state index is 0.0177. The summed E-state index contributed by atoms with van der Waals surface area (Å²) in [5.41, 5.74) is 29.4. The van der Waals surface area contributed by atoms with Crippen LogP contribution in [0.15, 0.2) is 84.2 Å². The molecular weight excluding hydrogens is 1590 g/mol. The average molecular weight is 1720 g/mol. The van der Waals surface area contributed by atoms with Crippen LogP contribution >= 0.6 is 7.60 Å². The number of nitrogens with zero attached hydrogens (tertiary/aromatic N) is 3. The number of hydrogen-bond acceptors (Lipinski definition) is 24. The van der Waals surface area contributed by atoms with Crippen molar-refractivity contribution >= 4 is 78.4 Å². The summed E-state index contributed by atoms with van der Waals surface area (Å²) >= 11 is 0. The van der Waals surface area contributed by atoms with Crippen LogP contribution in [0.4, 0.5) is 21.0 Å². The van der Waals surface area contributed by atoms with Gasteiger partial charge >= 0.3 is 19.7 Å². The molecule has 0 fully saturated rings. The second-order valence-electron chi connectivity index (χ2n) is 29.4. The number of urea groups is 1. The van der Waals surface area contributed by atoms with Crippen molar-refractivity contribution in [3.63, 3.8) is 0 Å². The molecule has 674 valence electrons. The quantitative estimate of drug-likeness (QED) is 0.0219. The SMILES string of the molecule is CC(C)[C@H](NC(=O)[C@@H](CCCCNC(=O)COC1CCCC(N(CCCCC(=O)Nc2ccc(COC(=O)N(C)[C@H](C(N)=O)C(C)C)cc2)C(N)=O)CC(NCCOCCOCCOCCOCCOCCP(=O)(O)O)=C1N)NC(=O)CCOCCOCCOCCOCCNC(=O)CCC(=O)N1Cc2ccccc2C#Cc2ccccc21)C(N)=O. The number of benzene rings is 3. The second kappa shape index (κ2) is 58.6. The minimum atomic E-state index is -4.11. The molecular formula is C83H128N13O24P. The van der Waals surface area contributed by atoms with Crippen molar-refractivity contribution in [2.24, 2.45) is 34.8 Å². The normalized spacial score (nSPS) is 14.7. The van der Waals surface area contributed by atoms with E-state index in [0.29, 0.717) is 113 Å². The zero-order valence-electron chi connectivity index (χ0n) is 70.5. The standard InChI is InChI=1S/C83H128N13O24P/c1-59(2)77(79(85)102)93-81(104)67(92-73(99)31-36-110-39-42-113-45-46-115-44-41-112-38-34-90-71(97)29-30-75(101)96-56-64-17-7-6-15-62(64)25-26-63-16-8-9-20-69(63)96)19-10-12-32-89-74(100)58-119-70-21-14-18-66(55-68(76(70)84)88-33-37-111-40-43-114-47-48-116-49-50-117-51-52-118-53-54-121(107,108)109)95(82(87)105)35-13-11-22-72(98)91-65-27-23-61(24-28-65)57-120-83(106)94(5)78(60(3)4)80(86)103/h6-9,15-17,20,23-24,27-28,59-60,66-67,70,77-78,88H,10-14,18-19,21-22,29-58,84H2,1-5H3,(H2,85,102)(H2,86,103)(H2,87,105)(H,89,100)(H,90,97)(H,91,98)(H,92,99)(H,93,104)(H2,107,108,109)/t66?,67-,70?,77+,78+/m1/s1. The van der Waals surface area contributed by atoms with Crippen LogP contribution in [0.25, 0.3) is 0 Å². The Morgan fingerprint density at radius 2 is 1.15 bits per heavy atom. The third kappa shape index (κ3) is 42.3. The maximum absolute atomic E-state index is 13.6. The summed E-state index contributed by atoms with van der Waals surface area (Å²) in [6, 6.07) is 17.9. The second-order valence-corrected chi connectivity index (χ2v) is 31.2. The number of primary amides is 3. The van der Waals surface area contributed by atoms with E-state index in [1.165, 1.54) is 11.9 Å².